The largest absolute Gasteiger partial charge is 0.342 e. The number of carbonyl (C=O) groups excluding carboxylic acids is 1. The molecule has 2 fully saturated rings. The van der Waals surface area contributed by atoms with Crippen molar-refractivity contribution in [3.8, 4) is 0 Å². The third-order valence-electron chi connectivity index (χ3n) is 5.39. The van der Waals surface area contributed by atoms with E-state index in [9.17, 15) is 17.6 Å². The number of carbonyl (C=O) groups is 1. The maximum Gasteiger partial charge on any atom is 0.243 e. The molecule has 1 unspecified atom stereocenters. The second kappa shape index (κ2) is 8.02. The smallest absolute Gasteiger partial charge is 0.243 e. The molecule has 1 amide bonds. The minimum Gasteiger partial charge on any atom is -0.342 e. The zero-order chi connectivity index (χ0) is 18.7. The highest BCUT2D eigenvalue weighted by Gasteiger charge is 2.35. The van der Waals surface area contributed by atoms with Crippen LogP contribution in [0.4, 0.5) is 4.39 Å². The van der Waals surface area contributed by atoms with Gasteiger partial charge in [0.1, 0.15) is 5.82 Å². The first-order valence-corrected chi connectivity index (χ1v) is 10.6. The van der Waals surface area contributed by atoms with Crippen molar-refractivity contribution >= 4 is 15.9 Å². The Labute approximate surface area is 154 Å². The molecule has 1 N–H and O–H groups in total. The molecule has 2 aliphatic heterocycles. The lowest BCUT2D eigenvalue weighted by molar-refractivity contribution is -0.138. The lowest BCUT2D eigenvalue weighted by atomic mass is 9.96. The summed E-state index contributed by atoms with van der Waals surface area (Å²) < 4.78 is 40.1. The van der Waals surface area contributed by atoms with Crippen LogP contribution in [0.15, 0.2) is 29.2 Å². The molecule has 0 aliphatic carbocycles. The molecular weight excluding hydrogens is 357 g/mol. The zero-order valence-electron chi connectivity index (χ0n) is 15.0. The fraction of sp³-hybridized carbons (Fsp3) is 0.611. The Hall–Kier alpha value is -1.51. The third-order valence-corrected chi connectivity index (χ3v) is 7.27. The van der Waals surface area contributed by atoms with Crippen LogP contribution >= 0.6 is 0 Å². The Morgan fingerprint density at radius 3 is 2.50 bits per heavy atom. The standard InChI is InChI=1S/C18H26FN3O3S/c1-21(16-8-10-20-11-9-16)18(23)14-3-2-12-22(13-14)26(24,25)17-6-4-15(19)5-7-17/h4-7,14,16,20H,2-3,8-13H2,1H3. The average Bonchev–Trinajstić information content (AvgIpc) is 2.68. The summed E-state index contributed by atoms with van der Waals surface area (Å²) in [5.41, 5.74) is 0. The maximum absolute atomic E-state index is 13.1. The van der Waals surface area contributed by atoms with E-state index < -0.39 is 15.8 Å². The van der Waals surface area contributed by atoms with E-state index >= 15 is 0 Å². The van der Waals surface area contributed by atoms with Gasteiger partial charge in [0.05, 0.1) is 10.8 Å². The lowest BCUT2D eigenvalue weighted by Gasteiger charge is -2.37. The van der Waals surface area contributed by atoms with Gasteiger partial charge in [-0.3, -0.25) is 4.79 Å². The van der Waals surface area contributed by atoms with Crippen LogP contribution in [0.3, 0.4) is 0 Å². The van der Waals surface area contributed by atoms with Gasteiger partial charge in [-0.25, -0.2) is 12.8 Å². The average molecular weight is 383 g/mol. The first kappa shape index (κ1) is 19.3. The SMILES string of the molecule is CN(C(=O)C1CCCN(S(=O)(=O)c2ccc(F)cc2)C1)C1CCNCC1. The summed E-state index contributed by atoms with van der Waals surface area (Å²) in [4.78, 5) is 14.8. The molecule has 1 aromatic rings. The summed E-state index contributed by atoms with van der Waals surface area (Å²) >= 11 is 0. The van der Waals surface area contributed by atoms with Gasteiger partial charge in [0.15, 0.2) is 0 Å². The summed E-state index contributed by atoms with van der Waals surface area (Å²) in [6.45, 7) is 2.38. The molecule has 26 heavy (non-hydrogen) atoms. The minimum absolute atomic E-state index is 0.0240. The molecule has 0 aromatic heterocycles. The van der Waals surface area contributed by atoms with Crippen LogP contribution in [-0.4, -0.2) is 62.8 Å². The molecule has 2 heterocycles. The molecule has 6 nitrogen and oxygen atoms in total. The van der Waals surface area contributed by atoms with Crippen LogP contribution in [0.1, 0.15) is 25.7 Å². The summed E-state index contributed by atoms with van der Waals surface area (Å²) in [7, 11) is -1.88. The monoisotopic (exact) mass is 383 g/mol. The van der Waals surface area contributed by atoms with Crippen LogP contribution in [0.5, 0.6) is 0 Å². The molecule has 2 aliphatic rings. The van der Waals surface area contributed by atoms with Gasteiger partial charge in [0, 0.05) is 26.2 Å². The number of hydrogen-bond donors (Lipinski definition) is 1. The number of piperidine rings is 2. The Kier molecular flexibility index (Phi) is 5.94. The van der Waals surface area contributed by atoms with Crippen molar-refractivity contribution in [3.63, 3.8) is 0 Å². The van der Waals surface area contributed by atoms with Crippen LogP contribution in [0.25, 0.3) is 0 Å². The van der Waals surface area contributed by atoms with Crippen LogP contribution in [-0.2, 0) is 14.8 Å². The van der Waals surface area contributed by atoms with Crippen molar-refractivity contribution in [2.24, 2.45) is 5.92 Å². The first-order valence-electron chi connectivity index (χ1n) is 9.12. The summed E-state index contributed by atoms with van der Waals surface area (Å²) in [5.74, 6) is -0.769. The van der Waals surface area contributed by atoms with Crippen LogP contribution in [0, 0.1) is 11.7 Å². The van der Waals surface area contributed by atoms with Crippen LogP contribution in [0.2, 0.25) is 0 Å². The van der Waals surface area contributed by atoms with E-state index in [-0.39, 0.29) is 29.3 Å². The molecule has 1 aromatic carbocycles. The van der Waals surface area contributed by atoms with E-state index in [1.807, 2.05) is 7.05 Å². The number of rotatable bonds is 4. The topological polar surface area (TPSA) is 69.7 Å². The molecule has 0 radical (unpaired) electrons. The second-order valence-electron chi connectivity index (χ2n) is 7.09. The Bertz CT molecular complexity index is 733. The van der Waals surface area contributed by atoms with E-state index in [0.717, 1.165) is 38.1 Å². The number of halogens is 1. The lowest BCUT2D eigenvalue weighted by Crippen LogP contribution is -2.50. The summed E-state index contributed by atoms with van der Waals surface area (Å²) in [6, 6.07) is 5.05. The van der Waals surface area contributed by atoms with E-state index in [1.165, 1.54) is 16.4 Å². The molecule has 3 rings (SSSR count). The normalized spacial score (nSPS) is 22.9. The minimum atomic E-state index is -3.71. The molecule has 0 spiro atoms. The predicted molar refractivity (Wildman–Crippen MR) is 96.5 cm³/mol. The van der Waals surface area contributed by atoms with E-state index in [4.69, 9.17) is 0 Å². The highest BCUT2D eigenvalue weighted by Crippen LogP contribution is 2.26. The molecule has 144 valence electrons. The van der Waals surface area contributed by atoms with Crippen molar-refractivity contribution in [3.05, 3.63) is 30.1 Å². The summed E-state index contributed by atoms with van der Waals surface area (Å²) in [5, 5.41) is 3.28. The number of nitrogens with zero attached hydrogens (tertiary/aromatic N) is 2. The van der Waals surface area contributed by atoms with Gasteiger partial charge in [-0.2, -0.15) is 4.31 Å². The number of nitrogens with one attached hydrogen (secondary N) is 1. The number of amides is 1. The van der Waals surface area contributed by atoms with Gasteiger partial charge in [-0.1, -0.05) is 0 Å². The fourth-order valence-electron chi connectivity index (χ4n) is 3.78. The zero-order valence-corrected chi connectivity index (χ0v) is 15.8. The van der Waals surface area contributed by atoms with Crippen LogP contribution < -0.4 is 5.32 Å². The van der Waals surface area contributed by atoms with Gasteiger partial charge in [0.2, 0.25) is 15.9 Å². The van der Waals surface area contributed by atoms with Gasteiger partial charge >= 0.3 is 0 Å². The number of sulfonamides is 1. The van der Waals surface area contributed by atoms with Gasteiger partial charge < -0.3 is 10.2 Å². The molecule has 2 saturated heterocycles. The third kappa shape index (κ3) is 4.07. The highest BCUT2D eigenvalue weighted by atomic mass is 32.2. The second-order valence-corrected chi connectivity index (χ2v) is 9.02. The molecule has 1 atom stereocenters. The van der Waals surface area contributed by atoms with E-state index in [1.54, 1.807) is 4.90 Å². The van der Waals surface area contributed by atoms with Gasteiger partial charge in [-0.15, -0.1) is 0 Å². The summed E-state index contributed by atoms with van der Waals surface area (Å²) in [6.07, 6.45) is 3.19. The first-order chi connectivity index (χ1) is 12.4. The van der Waals surface area contributed by atoms with Gasteiger partial charge in [-0.05, 0) is 63.0 Å². The van der Waals surface area contributed by atoms with E-state index in [2.05, 4.69) is 5.32 Å². The molecule has 8 heteroatoms. The fourth-order valence-corrected chi connectivity index (χ4v) is 5.30. The highest BCUT2D eigenvalue weighted by molar-refractivity contribution is 7.89. The van der Waals surface area contributed by atoms with Crippen molar-refractivity contribution < 1.29 is 17.6 Å². The number of hydrogen-bond acceptors (Lipinski definition) is 4. The molecule has 0 saturated carbocycles. The molecule has 0 bridgehead atoms. The Morgan fingerprint density at radius 2 is 1.85 bits per heavy atom. The van der Waals surface area contributed by atoms with Gasteiger partial charge in [0.25, 0.3) is 0 Å². The predicted octanol–water partition coefficient (Wildman–Crippen LogP) is 1.44. The van der Waals surface area contributed by atoms with Crippen molar-refractivity contribution in [1.82, 2.24) is 14.5 Å². The van der Waals surface area contributed by atoms with E-state index in [0.29, 0.717) is 19.4 Å². The van der Waals surface area contributed by atoms with Crippen molar-refractivity contribution in [2.45, 2.75) is 36.6 Å². The molecular formula is C18H26FN3O3S. The Morgan fingerprint density at radius 1 is 1.19 bits per heavy atom. The number of benzene rings is 1. The Balaban J connectivity index is 1.70. The van der Waals surface area contributed by atoms with Crippen molar-refractivity contribution in [1.29, 1.82) is 0 Å². The quantitative estimate of drug-likeness (QED) is 0.854. The van der Waals surface area contributed by atoms with Crippen molar-refractivity contribution in [2.75, 3.05) is 33.2 Å². The maximum atomic E-state index is 13.1.